The van der Waals surface area contributed by atoms with Crippen LogP contribution in [0.5, 0.6) is 0 Å². The Hall–Kier alpha value is -0.0800. The quantitative estimate of drug-likeness (QED) is 0.798. The molecule has 2 nitrogen and oxygen atoms in total. The number of ether oxygens (including phenoxy) is 1. The Labute approximate surface area is 98.4 Å². The number of aliphatic hydroxyl groups is 1. The van der Waals surface area contributed by atoms with E-state index in [-0.39, 0.29) is 5.60 Å². The maximum Gasteiger partial charge on any atom is 0.0975 e. The Morgan fingerprint density at radius 3 is 2.25 bits per heavy atom. The van der Waals surface area contributed by atoms with E-state index in [2.05, 4.69) is 13.8 Å². The van der Waals surface area contributed by atoms with Gasteiger partial charge in [0.25, 0.3) is 0 Å². The van der Waals surface area contributed by atoms with E-state index in [0.717, 1.165) is 37.7 Å². The second-order valence-corrected chi connectivity index (χ2v) is 6.25. The zero-order valence-electron chi connectivity index (χ0n) is 10.5. The molecule has 4 bridgehead atoms. The molecule has 16 heavy (non-hydrogen) atoms. The first-order valence-corrected chi connectivity index (χ1v) is 7.00. The molecule has 0 aromatic heterocycles. The summed E-state index contributed by atoms with van der Waals surface area (Å²) in [5, 5.41) is 11.1. The van der Waals surface area contributed by atoms with E-state index >= 15 is 0 Å². The summed E-state index contributed by atoms with van der Waals surface area (Å²) < 4.78 is 6.10. The lowest BCUT2D eigenvalue weighted by molar-refractivity contribution is -0.284. The van der Waals surface area contributed by atoms with Gasteiger partial charge >= 0.3 is 0 Å². The van der Waals surface area contributed by atoms with Crippen LogP contribution in [0.1, 0.15) is 52.4 Å². The maximum atomic E-state index is 11.1. The van der Waals surface area contributed by atoms with Crippen molar-refractivity contribution in [2.24, 2.45) is 17.8 Å². The van der Waals surface area contributed by atoms with E-state index in [0.29, 0.717) is 5.92 Å². The zero-order chi connectivity index (χ0) is 11.4. The van der Waals surface area contributed by atoms with Gasteiger partial charge in [-0.1, -0.05) is 6.92 Å². The Morgan fingerprint density at radius 1 is 1.12 bits per heavy atom. The van der Waals surface area contributed by atoms with Gasteiger partial charge < -0.3 is 9.84 Å². The van der Waals surface area contributed by atoms with Crippen LogP contribution in [-0.2, 0) is 4.74 Å². The monoisotopic (exact) mass is 224 g/mol. The fourth-order valence-corrected chi connectivity index (χ4v) is 5.16. The smallest absolute Gasteiger partial charge is 0.0975 e. The normalized spacial score (nSPS) is 54.6. The highest BCUT2D eigenvalue weighted by atomic mass is 16.5. The van der Waals surface area contributed by atoms with Gasteiger partial charge in [0.05, 0.1) is 11.2 Å². The minimum absolute atomic E-state index is 0.189. The average Bonchev–Trinajstić information content (AvgIpc) is 2.25. The Balaban J connectivity index is 1.98. The van der Waals surface area contributed by atoms with Crippen molar-refractivity contribution >= 4 is 0 Å². The second-order valence-electron chi connectivity index (χ2n) is 6.25. The van der Waals surface area contributed by atoms with Crippen molar-refractivity contribution in [2.45, 2.75) is 63.6 Å². The van der Waals surface area contributed by atoms with Crippen LogP contribution in [-0.4, -0.2) is 22.9 Å². The minimum atomic E-state index is -0.531. The van der Waals surface area contributed by atoms with Crippen LogP contribution in [0, 0.1) is 17.8 Å². The molecular weight excluding hydrogens is 200 g/mol. The first-order valence-electron chi connectivity index (χ1n) is 7.00. The summed E-state index contributed by atoms with van der Waals surface area (Å²) in [4.78, 5) is 0. The number of hydrogen-bond acceptors (Lipinski definition) is 2. The van der Waals surface area contributed by atoms with Gasteiger partial charge in [0.1, 0.15) is 0 Å². The van der Waals surface area contributed by atoms with Crippen molar-refractivity contribution in [1.82, 2.24) is 0 Å². The fourth-order valence-electron chi connectivity index (χ4n) is 5.16. The molecule has 0 spiro atoms. The molecule has 4 aliphatic rings. The number of hydrogen-bond donors (Lipinski definition) is 1. The maximum absolute atomic E-state index is 11.1. The molecular formula is C14H24O2. The van der Waals surface area contributed by atoms with Crippen molar-refractivity contribution in [3.05, 3.63) is 0 Å². The van der Waals surface area contributed by atoms with Crippen molar-refractivity contribution in [1.29, 1.82) is 0 Å². The van der Waals surface area contributed by atoms with Crippen LogP contribution in [0.2, 0.25) is 0 Å². The van der Waals surface area contributed by atoms with Crippen LogP contribution >= 0.6 is 0 Å². The van der Waals surface area contributed by atoms with Crippen LogP contribution in [0.15, 0.2) is 0 Å². The van der Waals surface area contributed by atoms with Gasteiger partial charge in [-0.3, -0.25) is 0 Å². The van der Waals surface area contributed by atoms with Gasteiger partial charge in [-0.15, -0.1) is 0 Å². The number of rotatable bonds is 3. The Morgan fingerprint density at radius 2 is 1.75 bits per heavy atom. The van der Waals surface area contributed by atoms with Crippen LogP contribution < -0.4 is 0 Å². The third-order valence-corrected chi connectivity index (χ3v) is 5.56. The lowest BCUT2D eigenvalue weighted by Gasteiger charge is -2.64. The first-order chi connectivity index (χ1) is 7.63. The molecule has 0 saturated heterocycles. The van der Waals surface area contributed by atoms with Crippen LogP contribution in [0.3, 0.4) is 0 Å². The molecule has 0 aromatic carbocycles. The molecule has 4 saturated carbocycles. The van der Waals surface area contributed by atoms with E-state index in [1.807, 2.05) is 0 Å². The van der Waals surface area contributed by atoms with Crippen LogP contribution in [0.4, 0.5) is 0 Å². The summed E-state index contributed by atoms with van der Waals surface area (Å²) in [7, 11) is 0. The van der Waals surface area contributed by atoms with Gasteiger partial charge in [0, 0.05) is 6.61 Å². The third-order valence-electron chi connectivity index (χ3n) is 5.56. The van der Waals surface area contributed by atoms with Crippen molar-refractivity contribution in [2.75, 3.05) is 6.61 Å². The molecule has 3 unspecified atom stereocenters. The summed E-state index contributed by atoms with van der Waals surface area (Å²) in [5.41, 5.74) is -0.721. The molecule has 0 aromatic rings. The molecule has 3 atom stereocenters. The van der Waals surface area contributed by atoms with Crippen molar-refractivity contribution < 1.29 is 9.84 Å². The molecule has 0 aliphatic heterocycles. The minimum Gasteiger partial charge on any atom is -0.387 e. The SMILES string of the molecule is CCOC12CC3CC(CC(C3)C1(O)CC)C2. The molecule has 4 rings (SSSR count). The second kappa shape index (κ2) is 3.46. The topological polar surface area (TPSA) is 29.5 Å². The first kappa shape index (κ1) is 11.0. The predicted octanol–water partition coefficient (Wildman–Crippen LogP) is 2.74. The summed E-state index contributed by atoms with van der Waals surface area (Å²) in [6, 6.07) is 0. The Kier molecular flexibility index (Phi) is 2.38. The summed E-state index contributed by atoms with van der Waals surface area (Å²) >= 11 is 0. The standard InChI is InChI=1S/C14H24O2/c1-3-14(15)12-6-10-5-11(7-12)9-13(14,8-10)16-4-2/h10-12,15H,3-9H2,1-2H3. The van der Waals surface area contributed by atoms with Gasteiger partial charge in [0.2, 0.25) is 0 Å². The summed E-state index contributed by atoms with van der Waals surface area (Å²) in [5.74, 6) is 2.17. The largest absolute Gasteiger partial charge is 0.387 e. The highest BCUT2D eigenvalue weighted by Gasteiger charge is 2.64. The lowest BCUT2D eigenvalue weighted by atomic mass is 9.47. The average molecular weight is 224 g/mol. The lowest BCUT2D eigenvalue weighted by Crippen LogP contribution is -2.69. The van der Waals surface area contributed by atoms with Gasteiger partial charge in [-0.05, 0) is 63.2 Å². The molecule has 4 fully saturated rings. The van der Waals surface area contributed by atoms with Crippen molar-refractivity contribution in [3.63, 3.8) is 0 Å². The Bertz CT molecular complexity index is 274. The molecule has 0 heterocycles. The van der Waals surface area contributed by atoms with Gasteiger partial charge in [0.15, 0.2) is 0 Å². The summed E-state index contributed by atoms with van der Waals surface area (Å²) in [6.07, 6.45) is 6.96. The van der Waals surface area contributed by atoms with Gasteiger partial charge in [-0.2, -0.15) is 0 Å². The molecule has 1 N–H and O–H groups in total. The van der Waals surface area contributed by atoms with E-state index in [4.69, 9.17) is 4.74 Å². The van der Waals surface area contributed by atoms with Crippen LogP contribution in [0.25, 0.3) is 0 Å². The van der Waals surface area contributed by atoms with E-state index in [1.54, 1.807) is 0 Å². The molecule has 92 valence electrons. The highest BCUT2D eigenvalue weighted by molar-refractivity contribution is 5.16. The predicted molar refractivity (Wildman–Crippen MR) is 63.2 cm³/mol. The fraction of sp³-hybridized carbons (Fsp3) is 1.00. The van der Waals surface area contributed by atoms with Gasteiger partial charge in [-0.25, -0.2) is 0 Å². The molecule has 0 amide bonds. The van der Waals surface area contributed by atoms with E-state index in [9.17, 15) is 5.11 Å². The van der Waals surface area contributed by atoms with Crippen molar-refractivity contribution in [3.8, 4) is 0 Å². The third kappa shape index (κ3) is 1.20. The van der Waals surface area contributed by atoms with E-state index < -0.39 is 5.60 Å². The van der Waals surface area contributed by atoms with E-state index in [1.165, 1.54) is 19.3 Å². The zero-order valence-corrected chi connectivity index (χ0v) is 10.5. The molecule has 0 radical (unpaired) electrons. The summed E-state index contributed by atoms with van der Waals surface area (Å²) in [6.45, 7) is 4.94. The molecule has 2 heteroatoms. The molecule has 4 aliphatic carbocycles. The highest BCUT2D eigenvalue weighted by Crippen LogP contribution is 2.62.